The van der Waals surface area contributed by atoms with Crippen LogP contribution in [-0.2, 0) is 9.53 Å². The molecule has 1 saturated heterocycles. The van der Waals surface area contributed by atoms with E-state index in [0.29, 0.717) is 18.8 Å². The second kappa shape index (κ2) is 8.06. The molecule has 0 spiro atoms. The lowest BCUT2D eigenvalue weighted by molar-refractivity contribution is -0.130. The van der Waals surface area contributed by atoms with Gasteiger partial charge in [-0.3, -0.25) is 4.79 Å². The molecular formula is C20H28N2O5. The molecule has 1 aliphatic rings. The van der Waals surface area contributed by atoms with Gasteiger partial charge >= 0.3 is 12.0 Å². The number of carbonyl (C=O) groups excluding carboxylic acids is 2. The van der Waals surface area contributed by atoms with Crippen molar-refractivity contribution in [2.45, 2.75) is 65.6 Å². The average Bonchev–Trinajstić information content (AvgIpc) is 3.06. The second-order valence-corrected chi connectivity index (χ2v) is 7.86. The van der Waals surface area contributed by atoms with E-state index in [1.165, 1.54) is 13.8 Å². The van der Waals surface area contributed by atoms with E-state index < -0.39 is 11.5 Å². The van der Waals surface area contributed by atoms with E-state index in [4.69, 9.17) is 9.47 Å². The molecular weight excluding hydrogens is 348 g/mol. The van der Waals surface area contributed by atoms with Crippen molar-refractivity contribution in [3.63, 3.8) is 0 Å². The first-order chi connectivity index (χ1) is 12.5. The fourth-order valence-corrected chi connectivity index (χ4v) is 3.26. The van der Waals surface area contributed by atoms with Crippen molar-refractivity contribution in [3.05, 3.63) is 33.7 Å². The number of nitroso groups, excluding NO2 is 1. The number of amides is 2. The monoisotopic (exact) mass is 376 g/mol. The first-order valence-corrected chi connectivity index (χ1v) is 9.18. The summed E-state index contributed by atoms with van der Waals surface area (Å²) in [5.74, 6) is -0.0438. The van der Waals surface area contributed by atoms with Crippen molar-refractivity contribution in [2.75, 3.05) is 13.1 Å². The number of likely N-dealkylation sites (tertiary alicyclic amines) is 1. The van der Waals surface area contributed by atoms with Crippen LogP contribution in [0.15, 0.2) is 17.3 Å². The smallest absolute Gasteiger partial charge is 0.410 e. The third kappa shape index (κ3) is 4.84. The Balaban J connectivity index is 2.16. The van der Waals surface area contributed by atoms with Gasteiger partial charge in [-0.15, -0.1) is 4.91 Å². The summed E-state index contributed by atoms with van der Waals surface area (Å²) in [4.78, 5) is 36.1. The van der Waals surface area contributed by atoms with Crippen LogP contribution >= 0.6 is 0 Å². The summed E-state index contributed by atoms with van der Waals surface area (Å²) in [7, 11) is 0. The molecule has 1 aliphatic heterocycles. The fourth-order valence-electron chi connectivity index (χ4n) is 3.26. The third-order valence-corrected chi connectivity index (χ3v) is 4.69. The van der Waals surface area contributed by atoms with Crippen molar-refractivity contribution in [2.24, 2.45) is 5.18 Å². The molecule has 0 bridgehead atoms. The molecule has 0 saturated carbocycles. The van der Waals surface area contributed by atoms with E-state index in [0.717, 1.165) is 23.1 Å². The molecule has 1 atom stereocenters. The predicted molar refractivity (Wildman–Crippen MR) is 102 cm³/mol. The Morgan fingerprint density at radius 2 is 1.81 bits per heavy atom. The van der Waals surface area contributed by atoms with E-state index in [9.17, 15) is 14.5 Å². The SMILES string of the molecule is Cc1cc([C@H]2CCN(C(=O)OC(C)C)C2)cc(C)c1OC(C)(C)C(=O)N=O. The van der Waals surface area contributed by atoms with Crippen LogP contribution in [0.25, 0.3) is 0 Å². The molecule has 1 aromatic carbocycles. The lowest BCUT2D eigenvalue weighted by atomic mass is 9.94. The van der Waals surface area contributed by atoms with Crippen molar-refractivity contribution in [1.82, 2.24) is 4.90 Å². The molecule has 27 heavy (non-hydrogen) atoms. The van der Waals surface area contributed by atoms with Gasteiger partial charge in [0.1, 0.15) is 5.75 Å². The molecule has 1 fully saturated rings. The maximum Gasteiger partial charge on any atom is 0.410 e. The Morgan fingerprint density at radius 1 is 1.22 bits per heavy atom. The van der Waals surface area contributed by atoms with Gasteiger partial charge < -0.3 is 14.4 Å². The van der Waals surface area contributed by atoms with Crippen LogP contribution in [0.2, 0.25) is 0 Å². The molecule has 0 unspecified atom stereocenters. The summed E-state index contributed by atoms with van der Waals surface area (Å²) in [6, 6.07) is 4.03. The number of hydrogen-bond acceptors (Lipinski definition) is 5. The summed E-state index contributed by atoms with van der Waals surface area (Å²) in [5.41, 5.74) is 1.55. The summed E-state index contributed by atoms with van der Waals surface area (Å²) >= 11 is 0. The number of hydrogen-bond donors (Lipinski definition) is 0. The Hall–Kier alpha value is -2.44. The van der Waals surface area contributed by atoms with E-state index in [2.05, 4.69) is 5.18 Å². The van der Waals surface area contributed by atoms with Crippen molar-refractivity contribution < 1.29 is 19.1 Å². The highest BCUT2D eigenvalue weighted by atomic mass is 16.6. The van der Waals surface area contributed by atoms with Crippen molar-refractivity contribution in [3.8, 4) is 5.75 Å². The Kier molecular flexibility index (Phi) is 6.23. The predicted octanol–water partition coefficient (Wildman–Crippen LogP) is 4.09. The molecule has 148 valence electrons. The zero-order valence-electron chi connectivity index (χ0n) is 16.9. The Labute approximate surface area is 160 Å². The lowest BCUT2D eigenvalue weighted by Gasteiger charge is -2.25. The van der Waals surface area contributed by atoms with E-state index >= 15 is 0 Å². The molecule has 0 radical (unpaired) electrons. The van der Waals surface area contributed by atoms with E-state index in [1.54, 1.807) is 4.90 Å². The van der Waals surface area contributed by atoms with Crippen LogP contribution in [0.4, 0.5) is 4.79 Å². The first-order valence-electron chi connectivity index (χ1n) is 9.18. The summed E-state index contributed by atoms with van der Waals surface area (Å²) in [6.45, 7) is 11.8. The van der Waals surface area contributed by atoms with Gasteiger partial charge in [-0.25, -0.2) is 4.79 Å². The van der Waals surface area contributed by atoms with Gasteiger partial charge in [0.25, 0.3) is 0 Å². The minimum absolute atomic E-state index is 0.135. The zero-order valence-corrected chi connectivity index (χ0v) is 16.9. The number of benzene rings is 1. The van der Waals surface area contributed by atoms with Crippen LogP contribution < -0.4 is 4.74 Å². The molecule has 0 aliphatic carbocycles. The minimum Gasteiger partial charge on any atom is -0.477 e. The summed E-state index contributed by atoms with van der Waals surface area (Å²) < 4.78 is 11.1. The van der Waals surface area contributed by atoms with Crippen LogP contribution in [-0.4, -0.2) is 41.7 Å². The zero-order chi connectivity index (χ0) is 20.4. The van der Waals surface area contributed by atoms with Crippen LogP contribution in [0.3, 0.4) is 0 Å². The highest BCUT2D eigenvalue weighted by Gasteiger charge is 2.33. The number of ether oxygens (including phenoxy) is 2. The lowest BCUT2D eigenvalue weighted by Crippen LogP contribution is -2.37. The number of aryl methyl sites for hydroxylation is 2. The fraction of sp³-hybridized carbons (Fsp3) is 0.600. The molecule has 2 amide bonds. The first kappa shape index (κ1) is 20.9. The average molecular weight is 376 g/mol. The van der Waals surface area contributed by atoms with Gasteiger partial charge in [0.05, 0.1) is 6.10 Å². The Bertz CT molecular complexity index is 719. The van der Waals surface area contributed by atoms with Gasteiger partial charge in [0.2, 0.25) is 0 Å². The Morgan fingerprint density at radius 3 is 2.33 bits per heavy atom. The number of nitrogens with zero attached hydrogens (tertiary/aromatic N) is 2. The quantitative estimate of drug-likeness (QED) is 0.723. The third-order valence-electron chi connectivity index (χ3n) is 4.69. The van der Waals surface area contributed by atoms with Gasteiger partial charge in [-0.1, -0.05) is 12.1 Å². The van der Waals surface area contributed by atoms with Crippen molar-refractivity contribution >= 4 is 12.0 Å². The van der Waals surface area contributed by atoms with Gasteiger partial charge in [-0.05, 0) is 64.7 Å². The van der Waals surface area contributed by atoms with E-state index in [1.807, 2.05) is 39.8 Å². The molecule has 0 aromatic heterocycles. The second-order valence-electron chi connectivity index (χ2n) is 7.86. The number of carbonyl (C=O) groups is 2. The molecule has 7 nitrogen and oxygen atoms in total. The van der Waals surface area contributed by atoms with Gasteiger partial charge in [0, 0.05) is 24.2 Å². The maximum absolute atomic E-state index is 12.1. The molecule has 1 aromatic rings. The summed E-state index contributed by atoms with van der Waals surface area (Å²) in [6.07, 6.45) is 0.456. The van der Waals surface area contributed by atoms with Crippen molar-refractivity contribution in [1.29, 1.82) is 0 Å². The van der Waals surface area contributed by atoms with Crippen LogP contribution in [0, 0.1) is 18.8 Å². The highest BCUT2D eigenvalue weighted by molar-refractivity contribution is 5.85. The number of rotatable bonds is 5. The van der Waals surface area contributed by atoms with Gasteiger partial charge in [0.15, 0.2) is 5.60 Å². The molecule has 7 heteroatoms. The maximum atomic E-state index is 12.1. The van der Waals surface area contributed by atoms with Crippen LogP contribution in [0.5, 0.6) is 5.75 Å². The molecule has 0 N–H and O–H groups in total. The highest BCUT2D eigenvalue weighted by Crippen LogP contribution is 2.34. The largest absolute Gasteiger partial charge is 0.477 e. The normalized spacial score (nSPS) is 17.1. The molecule has 1 heterocycles. The minimum atomic E-state index is -1.32. The van der Waals surface area contributed by atoms with Gasteiger partial charge in [-0.2, -0.15) is 0 Å². The molecule has 2 rings (SSSR count). The standard InChI is InChI=1S/C20H28N2O5/c1-12(2)26-19(24)22-8-7-15(11-22)16-9-13(3)17(14(4)10-16)27-20(5,6)18(23)21-25/h9-10,12,15H,7-8,11H2,1-6H3/t15-/m0/s1. The van der Waals surface area contributed by atoms with Crippen LogP contribution in [0.1, 0.15) is 56.7 Å². The summed E-state index contributed by atoms with van der Waals surface area (Å²) in [5, 5.41) is 2.48. The van der Waals surface area contributed by atoms with E-state index in [-0.39, 0.29) is 18.1 Å². The topological polar surface area (TPSA) is 85.3 Å².